The van der Waals surface area contributed by atoms with E-state index < -0.39 is 9.75 Å². The molecule has 1 atom stereocenters. The lowest BCUT2D eigenvalue weighted by Gasteiger charge is -2.12. The van der Waals surface area contributed by atoms with E-state index in [1.165, 1.54) is 0 Å². The highest BCUT2D eigenvalue weighted by Crippen LogP contribution is 2.63. The Kier molecular flexibility index (Phi) is 5.27. The van der Waals surface area contributed by atoms with Crippen molar-refractivity contribution in [3.8, 4) is 5.75 Å². The molecule has 0 aromatic heterocycles. The number of halogens is 2. The van der Waals surface area contributed by atoms with Crippen LogP contribution < -0.4 is 10.2 Å². The third-order valence-electron chi connectivity index (χ3n) is 3.95. The molecule has 1 N–H and O–H groups in total. The van der Waals surface area contributed by atoms with E-state index in [2.05, 4.69) is 10.5 Å². The zero-order chi connectivity index (χ0) is 17.3. The van der Waals surface area contributed by atoms with Crippen molar-refractivity contribution >= 4 is 34.8 Å². The van der Waals surface area contributed by atoms with E-state index in [1.807, 2.05) is 45.0 Å². The zero-order valence-corrected chi connectivity index (χ0v) is 15.3. The molecule has 0 saturated heterocycles. The standard InChI is InChI=1S/C17H22Cl2N2O2/c1-5-14(12-6-8-13(9-7-12)23-11(2)3)20-21-15(22)16(4)10-17(16,18)19/h6-9,11H,5,10H2,1-4H3,(H,21,22)/b20-14-/t16-/m0/s1. The number of rotatable bonds is 6. The molecule has 4 nitrogen and oxygen atoms in total. The van der Waals surface area contributed by atoms with Crippen LogP contribution in [0.15, 0.2) is 29.4 Å². The van der Waals surface area contributed by atoms with Gasteiger partial charge in [-0.1, -0.05) is 6.92 Å². The summed E-state index contributed by atoms with van der Waals surface area (Å²) < 4.78 is 4.63. The fourth-order valence-electron chi connectivity index (χ4n) is 2.23. The van der Waals surface area contributed by atoms with Gasteiger partial charge in [-0.3, -0.25) is 4.79 Å². The highest BCUT2D eigenvalue weighted by Gasteiger charge is 2.68. The predicted molar refractivity (Wildman–Crippen MR) is 94.3 cm³/mol. The Morgan fingerprint density at radius 1 is 1.35 bits per heavy atom. The first-order chi connectivity index (χ1) is 10.7. The number of amides is 1. The fraction of sp³-hybridized carbons (Fsp3) is 0.529. The van der Waals surface area contributed by atoms with Crippen LogP contribution >= 0.6 is 23.2 Å². The van der Waals surface area contributed by atoms with Crippen molar-refractivity contribution in [1.82, 2.24) is 5.43 Å². The number of nitrogens with one attached hydrogen (secondary N) is 1. The van der Waals surface area contributed by atoms with Crippen LogP contribution in [0.1, 0.15) is 46.1 Å². The predicted octanol–water partition coefficient (Wildman–Crippen LogP) is 4.29. The lowest BCUT2D eigenvalue weighted by molar-refractivity contribution is -0.125. The van der Waals surface area contributed by atoms with E-state index in [9.17, 15) is 4.79 Å². The second kappa shape index (κ2) is 6.70. The van der Waals surface area contributed by atoms with E-state index in [4.69, 9.17) is 27.9 Å². The van der Waals surface area contributed by atoms with Crippen molar-refractivity contribution in [3.63, 3.8) is 0 Å². The summed E-state index contributed by atoms with van der Waals surface area (Å²) in [6.07, 6.45) is 1.26. The van der Waals surface area contributed by atoms with Gasteiger partial charge in [0.15, 0.2) is 0 Å². The van der Waals surface area contributed by atoms with Crippen LogP contribution in [0, 0.1) is 5.41 Å². The summed E-state index contributed by atoms with van der Waals surface area (Å²) in [5.41, 5.74) is 3.54. The number of hydrogen-bond acceptors (Lipinski definition) is 3. The Balaban J connectivity index is 2.06. The molecule has 0 heterocycles. The molecule has 6 heteroatoms. The van der Waals surface area contributed by atoms with Crippen LogP contribution in [0.4, 0.5) is 0 Å². The Hall–Kier alpha value is -1.26. The highest BCUT2D eigenvalue weighted by molar-refractivity contribution is 6.53. The van der Waals surface area contributed by atoms with Gasteiger partial charge >= 0.3 is 0 Å². The molecule has 1 fully saturated rings. The van der Waals surface area contributed by atoms with Crippen LogP contribution in [0.3, 0.4) is 0 Å². The third kappa shape index (κ3) is 3.99. The summed E-state index contributed by atoms with van der Waals surface area (Å²) >= 11 is 12.0. The number of carbonyl (C=O) groups excluding carboxylic acids is 1. The van der Waals surface area contributed by atoms with E-state index in [0.29, 0.717) is 12.8 Å². The normalized spacial score (nSPS) is 22.8. The van der Waals surface area contributed by atoms with Crippen LogP contribution in [0.25, 0.3) is 0 Å². The largest absolute Gasteiger partial charge is 0.491 e. The van der Waals surface area contributed by atoms with Crippen LogP contribution in [-0.4, -0.2) is 22.1 Å². The molecule has 1 aliphatic carbocycles. The Labute approximate surface area is 147 Å². The molecule has 126 valence electrons. The van der Waals surface area contributed by atoms with Gasteiger partial charge in [-0.2, -0.15) is 5.10 Å². The summed E-state index contributed by atoms with van der Waals surface area (Å²) in [6.45, 7) is 7.68. The second-order valence-electron chi connectivity index (χ2n) is 6.26. The molecule has 23 heavy (non-hydrogen) atoms. The molecule has 1 aromatic rings. The van der Waals surface area contributed by atoms with Gasteiger partial charge < -0.3 is 4.74 Å². The number of hydrazone groups is 1. The first kappa shape index (κ1) is 18.1. The SMILES string of the molecule is CC/C(=N/NC(=O)[C@]1(C)CC1(Cl)Cl)c1ccc(OC(C)C)cc1. The quantitative estimate of drug-likeness (QED) is 0.469. The summed E-state index contributed by atoms with van der Waals surface area (Å²) in [4.78, 5) is 12.2. The highest BCUT2D eigenvalue weighted by atomic mass is 35.5. The lowest BCUT2D eigenvalue weighted by Crippen LogP contribution is -2.30. The lowest BCUT2D eigenvalue weighted by atomic mass is 10.1. The fourth-order valence-corrected chi connectivity index (χ4v) is 2.94. The summed E-state index contributed by atoms with van der Waals surface area (Å²) in [5, 5.41) is 4.23. The Bertz CT molecular complexity index is 612. The average Bonchev–Trinajstić information content (AvgIpc) is 3.00. The topological polar surface area (TPSA) is 50.7 Å². The summed E-state index contributed by atoms with van der Waals surface area (Å²) in [5.74, 6) is 0.552. The van der Waals surface area contributed by atoms with Crippen LogP contribution in [-0.2, 0) is 4.79 Å². The molecule has 0 bridgehead atoms. The van der Waals surface area contributed by atoms with Gasteiger partial charge in [-0.15, -0.1) is 23.2 Å². The van der Waals surface area contributed by atoms with Crippen molar-refractivity contribution in [3.05, 3.63) is 29.8 Å². The Morgan fingerprint density at radius 3 is 2.35 bits per heavy atom. The van der Waals surface area contributed by atoms with Gasteiger partial charge in [-0.05, 0) is 63.4 Å². The van der Waals surface area contributed by atoms with Gasteiger partial charge in [0, 0.05) is 0 Å². The van der Waals surface area contributed by atoms with Crippen molar-refractivity contribution in [2.24, 2.45) is 10.5 Å². The molecule has 1 amide bonds. The maximum Gasteiger partial charge on any atom is 0.249 e. The Morgan fingerprint density at radius 2 is 1.91 bits per heavy atom. The average molecular weight is 357 g/mol. The first-order valence-electron chi connectivity index (χ1n) is 7.71. The van der Waals surface area contributed by atoms with E-state index >= 15 is 0 Å². The van der Waals surface area contributed by atoms with Crippen molar-refractivity contribution < 1.29 is 9.53 Å². The number of carbonyl (C=O) groups is 1. The molecular formula is C17H22Cl2N2O2. The van der Waals surface area contributed by atoms with E-state index in [1.54, 1.807) is 6.92 Å². The minimum atomic E-state index is -0.991. The van der Waals surface area contributed by atoms with Gasteiger partial charge in [-0.25, -0.2) is 5.43 Å². The maximum atomic E-state index is 12.2. The zero-order valence-electron chi connectivity index (χ0n) is 13.8. The molecule has 0 spiro atoms. The summed E-state index contributed by atoms with van der Waals surface area (Å²) in [7, 11) is 0. The van der Waals surface area contributed by atoms with E-state index in [0.717, 1.165) is 17.0 Å². The third-order valence-corrected chi connectivity index (χ3v) is 5.05. The molecule has 0 unspecified atom stereocenters. The number of benzene rings is 1. The van der Waals surface area contributed by atoms with Crippen molar-refractivity contribution in [2.75, 3.05) is 0 Å². The number of alkyl halides is 2. The molecule has 2 rings (SSSR count). The number of ether oxygens (including phenoxy) is 1. The maximum absolute atomic E-state index is 12.2. The van der Waals surface area contributed by atoms with Crippen molar-refractivity contribution in [1.29, 1.82) is 0 Å². The van der Waals surface area contributed by atoms with Crippen LogP contribution in [0.2, 0.25) is 0 Å². The minimum Gasteiger partial charge on any atom is -0.491 e. The molecule has 1 aromatic carbocycles. The van der Waals surface area contributed by atoms with Gasteiger partial charge in [0.25, 0.3) is 0 Å². The molecule has 0 aliphatic heterocycles. The monoisotopic (exact) mass is 356 g/mol. The molecule has 0 radical (unpaired) electrons. The summed E-state index contributed by atoms with van der Waals surface area (Å²) in [6, 6.07) is 7.65. The number of nitrogens with zero attached hydrogens (tertiary/aromatic N) is 1. The smallest absolute Gasteiger partial charge is 0.249 e. The van der Waals surface area contributed by atoms with Gasteiger partial charge in [0.05, 0.1) is 17.2 Å². The van der Waals surface area contributed by atoms with E-state index in [-0.39, 0.29) is 12.0 Å². The number of hydrogen-bond donors (Lipinski definition) is 1. The van der Waals surface area contributed by atoms with Crippen LogP contribution in [0.5, 0.6) is 5.75 Å². The molecule has 1 aliphatic rings. The molecular weight excluding hydrogens is 335 g/mol. The minimum absolute atomic E-state index is 0.130. The van der Waals surface area contributed by atoms with Gasteiger partial charge in [0.2, 0.25) is 5.91 Å². The van der Waals surface area contributed by atoms with Gasteiger partial charge in [0.1, 0.15) is 10.1 Å². The first-order valence-corrected chi connectivity index (χ1v) is 8.47. The molecule has 1 saturated carbocycles. The second-order valence-corrected chi connectivity index (χ2v) is 7.74. The van der Waals surface area contributed by atoms with Crippen molar-refractivity contribution in [2.45, 2.75) is 51.0 Å².